The molecule has 7 N–H and O–H groups in total. The Morgan fingerprint density at radius 3 is 2.04 bits per heavy atom. The van der Waals surface area contributed by atoms with Gasteiger partial charge in [0.1, 0.15) is 22.8 Å². The minimum absolute atomic E-state index is 0.143. The molecule has 0 saturated carbocycles. The molecular formula is C15H17NO7. The minimum atomic E-state index is -1.45. The summed E-state index contributed by atoms with van der Waals surface area (Å²) in [4.78, 5) is 10.4. The highest BCUT2D eigenvalue weighted by molar-refractivity contribution is 5.94. The smallest absolute Gasteiger partial charge is 0.343 e. The standard InChI is InChI=1S/C8H11NO2.C7H6O5/c1-11-8-4-6(5-9)2-3-7(8)10;8-3-1-4(9)6(7(11)12)5(10)2-3/h2-4,10H,5,9H2,1H3;1-2,8-10H,(H,11,12). The quantitative estimate of drug-likeness (QED) is 0.495. The Labute approximate surface area is 131 Å². The predicted octanol–water partition coefficient (Wildman–Crippen LogP) is 1.36. The monoisotopic (exact) mass is 323 g/mol. The highest BCUT2D eigenvalue weighted by Crippen LogP contribution is 2.31. The van der Waals surface area contributed by atoms with Crippen LogP contribution in [0.1, 0.15) is 15.9 Å². The van der Waals surface area contributed by atoms with Gasteiger partial charge in [0.2, 0.25) is 0 Å². The summed E-state index contributed by atoms with van der Waals surface area (Å²) in [6.45, 7) is 0.455. The lowest BCUT2D eigenvalue weighted by atomic mass is 10.1. The van der Waals surface area contributed by atoms with Gasteiger partial charge in [-0.2, -0.15) is 0 Å². The fraction of sp³-hybridized carbons (Fsp3) is 0.133. The summed E-state index contributed by atoms with van der Waals surface area (Å²) in [7, 11) is 1.51. The summed E-state index contributed by atoms with van der Waals surface area (Å²) in [6, 6.07) is 6.72. The summed E-state index contributed by atoms with van der Waals surface area (Å²) >= 11 is 0. The lowest BCUT2D eigenvalue weighted by Crippen LogP contribution is -1.96. The Balaban J connectivity index is 0.000000231. The number of phenols is 4. The molecule has 0 amide bonds. The molecule has 2 aromatic carbocycles. The van der Waals surface area contributed by atoms with Crippen molar-refractivity contribution in [3.8, 4) is 28.7 Å². The van der Waals surface area contributed by atoms with Gasteiger partial charge in [-0.05, 0) is 17.7 Å². The average Bonchev–Trinajstić information content (AvgIpc) is 2.47. The van der Waals surface area contributed by atoms with Crippen molar-refractivity contribution in [3.63, 3.8) is 0 Å². The van der Waals surface area contributed by atoms with Crippen molar-refractivity contribution < 1.29 is 35.1 Å². The first-order valence-corrected chi connectivity index (χ1v) is 6.34. The molecule has 0 aliphatic heterocycles. The Kier molecular flexibility index (Phi) is 6.04. The molecule has 0 spiro atoms. The van der Waals surface area contributed by atoms with Gasteiger partial charge in [0.25, 0.3) is 0 Å². The summed E-state index contributed by atoms with van der Waals surface area (Å²) in [5.41, 5.74) is 5.71. The van der Waals surface area contributed by atoms with Crippen LogP contribution >= 0.6 is 0 Å². The minimum Gasteiger partial charge on any atom is -0.508 e. The number of methoxy groups -OCH3 is 1. The maximum atomic E-state index is 10.4. The number of phenolic OH excluding ortho intramolecular Hbond substituents is 2. The van der Waals surface area contributed by atoms with Gasteiger partial charge in [-0.3, -0.25) is 0 Å². The first-order valence-electron chi connectivity index (χ1n) is 6.34. The Morgan fingerprint density at radius 2 is 1.61 bits per heavy atom. The number of rotatable bonds is 3. The zero-order valence-corrected chi connectivity index (χ0v) is 12.2. The van der Waals surface area contributed by atoms with Crippen LogP contribution in [0.2, 0.25) is 0 Å². The number of nitrogens with two attached hydrogens (primary N) is 1. The van der Waals surface area contributed by atoms with Crippen LogP contribution in [0, 0.1) is 0 Å². The molecule has 0 fully saturated rings. The first-order chi connectivity index (χ1) is 10.8. The number of carboxylic acids is 1. The van der Waals surface area contributed by atoms with E-state index in [1.54, 1.807) is 18.2 Å². The SMILES string of the molecule is COc1cc(CN)ccc1O.O=C(O)c1c(O)cc(O)cc1O. The van der Waals surface area contributed by atoms with Crippen LogP contribution in [0.25, 0.3) is 0 Å². The molecule has 0 heterocycles. The van der Waals surface area contributed by atoms with E-state index in [2.05, 4.69) is 0 Å². The van der Waals surface area contributed by atoms with Crippen LogP contribution in [0.15, 0.2) is 30.3 Å². The lowest BCUT2D eigenvalue weighted by molar-refractivity contribution is 0.0690. The van der Waals surface area contributed by atoms with Gasteiger partial charge in [-0.15, -0.1) is 0 Å². The second kappa shape index (κ2) is 7.76. The third-order valence-electron chi connectivity index (χ3n) is 2.78. The van der Waals surface area contributed by atoms with E-state index in [0.717, 1.165) is 17.7 Å². The molecule has 23 heavy (non-hydrogen) atoms. The van der Waals surface area contributed by atoms with Crippen LogP contribution in [-0.2, 0) is 6.54 Å². The van der Waals surface area contributed by atoms with Crippen LogP contribution in [-0.4, -0.2) is 38.6 Å². The van der Waals surface area contributed by atoms with Crippen LogP contribution in [0.4, 0.5) is 0 Å². The van der Waals surface area contributed by atoms with Crippen molar-refractivity contribution >= 4 is 5.97 Å². The zero-order chi connectivity index (χ0) is 17.6. The molecule has 0 bridgehead atoms. The van der Waals surface area contributed by atoms with Crippen molar-refractivity contribution in [1.82, 2.24) is 0 Å². The van der Waals surface area contributed by atoms with Crippen molar-refractivity contribution in [2.75, 3.05) is 7.11 Å². The third kappa shape index (κ3) is 4.68. The second-order valence-corrected chi connectivity index (χ2v) is 4.37. The molecule has 8 nitrogen and oxygen atoms in total. The van der Waals surface area contributed by atoms with Crippen molar-refractivity contribution in [1.29, 1.82) is 0 Å². The van der Waals surface area contributed by atoms with Gasteiger partial charge in [-0.1, -0.05) is 6.07 Å². The third-order valence-corrected chi connectivity index (χ3v) is 2.78. The van der Waals surface area contributed by atoms with E-state index in [-0.39, 0.29) is 5.75 Å². The molecule has 0 unspecified atom stereocenters. The average molecular weight is 323 g/mol. The molecule has 0 saturated heterocycles. The fourth-order valence-corrected chi connectivity index (χ4v) is 1.67. The number of hydrogen-bond donors (Lipinski definition) is 6. The molecule has 0 aliphatic rings. The van der Waals surface area contributed by atoms with E-state index in [1.165, 1.54) is 7.11 Å². The van der Waals surface area contributed by atoms with E-state index in [0.29, 0.717) is 12.3 Å². The number of carboxylic acid groups (broad SMARTS) is 1. The normalized spacial score (nSPS) is 9.65. The number of ether oxygens (including phenoxy) is 1. The summed E-state index contributed by atoms with van der Waals surface area (Å²) in [5, 5.41) is 44.3. The van der Waals surface area contributed by atoms with Crippen molar-refractivity contribution in [2.24, 2.45) is 5.73 Å². The number of carbonyl (C=O) groups is 1. The molecule has 0 atom stereocenters. The van der Waals surface area contributed by atoms with Crippen LogP contribution in [0.3, 0.4) is 0 Å². The number of benzene rings is 2. The van der Waals surface area contributed by atoms with Crippen molar-refractivity contribution in [2.45, 2.75) is 6.54 Å². The lowest BCUT2D eigenvalue weighted by Gasteiger charge is -2.03. The van der Waals surface area contributed by atoms with E-state index in [1.807, 2.05) is 0 Å². The molecule has 0 radical (unpaired) electrons. The molecule has 2 rings (SSSR count). The molecule has 0 aromatic heterocycles. The van der Waals surface area contributed by atoms with E-state index < -0.39 is 28.8 Å². The molecular weight excluding hydrogens is 306 g/mol. The van der Waals surface area contributed by atoms with Crippen LogP contribution < -0.4 is 10.5 Å². The van der Waals surface area contributed by atoms with Gasteiger partial charge in [0, 0.05) is 18.7 Å². The summed E-state index contributed by atoms with van der Waals surface area (Å²) in [6.07, 6.45) is 0. The molecule has 8 heteroatoms. The van der Waals surface area contributed by atoms with Gasteiger partial charge in [-0.25, -0.2) is 4.79 Å². The zero-order valence-electron chi connectivity index (χ0n) is 12.2. The topological polar surface area (TPSA) is 153 Å². The van der Waals surface area contributed by atoms with Crippen molar-refractivity contribution in [3.05, 3.63) is 41.5 Å². The van der Waals surface area contributed by atoms with Gasteiger partial charge in [0.05, 0.1) is 7.11 Å². The summed E-state index contributed by atoms with van der Waals surface area (Å²) < 4.78 is 4.88. The molecule has 124 valence electrons. The van der Waals surface area contributed by atoms with Gasteiger partial charge < -0.3 is 36.0 Å². The predicted molar refractivity (Wildman–Crippen MR) is 80.9 cm³/mol. The maximum Gasteiger partial charge on any atom is 0.343 e. The molecule has 2 aromatic rings. The van der Waals surface area contributed by atoms with E-state index >= 15 is 0 Å². The van der Waals surface area contributed by atoms with Gasteiger partial charge in [0.15, 0.2) is 11.5 Å². The maximum absolute atomic E-state index is 10.4. The Morgan fingerprint density at radius 1 is 1.04 bits per heavy atom. The summed E-state index contributed by atoms with van der Waals surface area (Å²) in [5.74, 6) is -2.57. The number of aromatic carboxylic acids is 1. The van der Waals surface area contributed by atoms with E-state index in [9.17, 15) is 4.79 Å². The second-order valence-electron chi connectivity index (χ2n) is 4.37. The first kappa shape index (κ1) is 17.9. The largest absolute Gasteiger partial charge is 0.508 e. The van der Waals surface area contributed by atoms with E-state index in [4.69, 9.17) is 36.0 Å². The highest BCUT2D eigenvalue weighted by Gasteiger charge is 2.15. The number of aromatic hydroxyl groups is 4. The Hall–Kier alpha value is -3.13. The fourth-order valence-electron chi connectivity index (χ4n) is 1.67. The molecule has 0 aliphatic carbocycles. The highest BCUT2D eigenvalue weighted by atomic mass is 16.5. The Bertz CT molecular complexity index is 677. The van der Waals surface area contributed by atoms with Gasteiger partial charge >= 0.3 is 5.97 Å². The number of hydrogen-bond acceptors (Lipinski definition) is 7. The van der Waals surface area contributed by atoms with Crippen LogP contribution in [0.5, 0.6) is 28.7 Å².